The lowest BCUT2D eigenvalue weighted by molar-refractivity contribution is 0.0537. The molecule has 2 amide bonds. The van der Waals surface area contributed by atoms with Crippen LogP contribution in [0.5, 0.6) is 0 Å². The number of carbonyl (C=O) groups is 2. The highest BCUT2D eigenvalue weighted by molar-refractivity contribution is 9.10. The van der Waals surface area contributed by atoms with Gasteiger partial charge in [0, 0.05) is 4.47 Å². The molecule has 0 spiro atoms. The number of imide groups is 1. The Kier molecular flexibility index (Phi) is 3.87. The van der Waals surface area contributed by atoms with E-state index in [2.05, 4.69) is 15.9 Å². The van der Waals surface area contributed by atoms with Crippen LogP contribution in [0.25, 0.3) is 0 Å². The van der Waals surface area contributed by atoms with Gasteiger partial charge in [-0.25, -0.2) is 0 Å². The Balaban J connectivity index is 2.11. The SMILES string of the molecule is CC(C)C(c1ccccc1Br)N1C(=O)c2ccccc2C1=O. The summed E-state index contributed by atoms with van der Waals surface area (Å²) in [6.07, 6.45) is 0. The first-order valence-corrected chi connectivity index (χ1v) is 8.03. The molecular weight excluding hydrogens is 342 g/mol. The number of nitrogens with zero attached hydrogens (tertiary/aromatic N) is 1. The van der Waals surface area contributed by atoms with Gasteiger partial charge in [0.05, 0.1) is 17.2 Å². The predicted octanol–water partition coefficient (Wildman–Crippen LogP) is 4.44. The lowest BCUT2D eigenvalue weighted by Crippen LogP contribution is -2.37. The van der Waals surface area contributed by atoms with Crippen LogP contribution in [0, 0.1) is 5.92 Å². The summed E-state index contributed by atoms with van der Waals surface area (Å²) in [6, 6.07) is 14.5. The van der Waals surface area contributed by atoms with Gasteiger partial charge < -0.3 is 0 Å². The van der Waals surface area contributed by atoms with E-state index in [-0.39, 0.29) is 23.8 Å². The lowest BCUT2D eigenvalue weighted by Gasteiger charge is -2.30. The van der Waals surface area contributed by atoms with E-state index in [1.807, 2.05) is 38.1 Å². The van der Waals surface area contributed by atoms with Crippen molar-refractivity contribution in [1.82, 2.24) is 4.90 Å². The van der Waals surface area contributed by atoms with Crippen LogP contribution < -0.4 is 0 Å². The fraction of sp³-hybridized carbons (Fsp3) is 0.222. The molecule has 0 aromatic heterocycles. The number of hydrogen-bond donors (Lipinski definition) is 0. The molecule has 4 heteroatoms. The van der Waals surface area contributed by atoms with Crippen LogP contribution in [-0.2, 0) is 0 Å². The van der Waals surface area contributed by atoms with Gasteiger partial charge in [0.25, 0.3) is 11.8 Å². The third-order valence-electron chi connectivity index (χ3n) is 3.96. The molecule has 0 saturated heterocycles. The average Bonchev–Trinajstić information content (AvgIpc) is 2.75. The van der Waals surface area contributed by atoms with E-state index in [0.29, 0.717) is 11.1 Å². The summed E-state index contributed by atoms with van der Waals surface area (Å²) in [5, 5.41) is 0. The van der Waals surface area contributed by atoms with Crippen molar-refractivity contribution >= 4 is 27.7 Å². The van der Waals surface area contributed by atoms with Gasteiger partial charge in [-0.1, -0.05) is 60.1 Å². The Morgan fingerprint density at radius 1 is 0.864 bits per heavy atom. The summed E-state index contributed by atoms with van der Waals surface area (Å²) in [5.74, 6) is -0.314. The molecule has 112 valence electrons. The Hall–Kier alpha value is -1.94. The van der Waals surface area contributed by atoms with E-state index >= 15 is 0 Å². The molecule has 3 nitrogen and oxygen atoms in total. The molecule has 1 atom stereocenters. The van der Waals surface area contributed by atoms with E-state index < -0.39 is 0 Å². The van der Waals surface area contributed by atoms with E-state index in [0.717, 1.165) is 10.0 Å². The zero-order chi connectivity index (χ0) is 15.9. The number of benzene rings is 2. The Labute approximate surface area is 138 Å². The molecule has 2 aromatic carbocycles. The van der Waals surface area contributed by atoms with Crippen LogP contribution in [0.2, 0.25) is 0 Å². The van der Waals surface area contributed by atoms with Crippen LogP contribution in [0.15, 0.2) is 53.0 Å². The van der Waals surface area contributed by atoms with Crippen molar-refractivity contribution < 1.29 is 9.59 Å². The van der Waals surface area contributed by atoms with E-state index in [9.17, 15) is 9.59 Å². The molecule has 1 unspecified atom stereocenters. The average molecular weight is 358 g/mol. The first-order valence-electron chi connectivity index (χ1n) is 7.23. The third-order valence-corrected chi connectivity index (χ3v) is 4.68. The van der Waals surface area contributed by atoms with Gasteiger partial charge >= 0.3 is 0 Å². The van der Waals surface area contributed by atoms with E-state index in [4.69, 9.17) is 0 Å². The topological polar surface area (TPSA) is 37.4 Å². The molecule has 0 fully saturated rings. The van der Waals surface area contributed by atoms with Crippen LogP contribution in [0.4, 0.5) is 0 Å². The largest absolute Gasteiger partial charge is 0.269 e. The minimum atomic E-state index is -0.289. The quantitative estimate of drug-likeness (QED) is 0.761. The molecule has 0 N–H and O–H groups in total. The standard InChI is InChI=1S/C18H16BrNO2/c1-11(2)16(14-9-5-6-10-15(14)19)20-17(21)12-7-3-4-8-13(12)18(20)22/h3-11,16H,1-2H3. The molecule has 0 saturated carbocycles. The summed E-state index contributed by atoms with van der Waals surface area (Å²) in [5.41, 5.74) is 1.93. The van der Waals surface area contributed by atoms with Crippen LogP contribution in [0.1, 0.15) is 46.2 Å². The third kappa shape index (κ3) is 2.28. The Bertz CT molecular complexity index is 719. The van der Waals surface area contributed by atoms with Gasteiger partial charge in [-0.05, 0) is 29.7 Å². The zero-order valence-corrected chi connectivity index (χ0v) is 14.0. The summed E-state index contributed by atoms with van der Waals surface area (Å²) >= 11 is 3.54. The molecule has 0 bridgehead atoms. The molecular formula is C18H16BrNO2. The summed E-state index contributed by atoms with van der Waals surface area (Å²) in [6.45, 7) is 4.04. The van der Waals surface area contributed by atoms with E-state index in [1.54, 1.807) is 24.3 Å². The van der Waals surface area contributed by atoms with Gasteiger partial charge in [-0.3, -0.25) is 14.5 Å². The Morgan fingerprint density at radius 3 is 1.86 bits per heavy atom. The second kappa shape index (κ2) is 5.69. The highest BCUT2D eigenvalue weighted by Crippen LogP contribution is 2.38. The van der Waals surface area contributed by atoms with Crippen LogP contribution in [-0.4, -0.2) is 16.7 Å². The number of carbonyl (C=O) groups excluding carboxylic acids is 2. The molecule has 0 aliphatic carbocycles. The molecule has 0 radical (unpaired) electrons. The first kappa shape index (κ1) is 15.0. The molecule has 22 heavy (non-hydrogen) atoms. The van der Waals surface area contributed by atoms with Crippen molar-refractivity contribution in [2.45, 2.75) is 19.9 Å². The fourth-order valence-corrected chi connectivity index (χ4v) is 3.49. The number of rotatable bonds is 3. The minimum absolute atomic E-state index is 0.112. The fourth-order valence-electron chi connectivity index (χ4n) is 2.97. The normalized spacial score (nSPS) is 15.4. The molecule has 1 heterocycles. The van der Waals surface area contributed by atoms with Crippen molar-refractivity contribution in [1.29, 1.82) is 0 Å². The number of hydrogen-bond acceptors (Lipinski definition) is 2. The summed E-state index contributed by atoms with van der Waals surface area (Å²) < 4.78 is 0.908. The van der Waals surface area contributed by atoms with Crippen molar-refractivity contribution in [3.05, 3.63) is 69.7 Å². The second-order valence-corrected chi connectivity index (χ2v) is 6.59. The van der Waals surface area contributed by atoms with Gasteiger partial charge in [-0.2, -0.15) is 0 Å². The Morgan fingerprint density at radius 2 is 1.36 bits per heavy atom. The van der Waals surface area contributed by atoms with E-state index in [1.165, 1.54) is 4.90 Å². The first-order chi connectivity index (χ1) is 10.5. The van der Waals surface area contributed by atoms with Crippen LogP contribution >= 0.6 is 15.9 Å². The number of halogens is 1. The van der Waals surface area contributed by atoms with Crippen molar-refractivity contribution in [2.24, 2.45) is 5.92 Å². The predicted molar refractivity (Wildman–Crippen MR) is 88.7 cm³/mol. The van der Waals surface area contributed by atoms with Gasteiger partial charge in [0.15, 0.2) is 0 Å². The van der Waals surface area contributed by atoms with Gasteiger partial charge in [0.2, 0.25) is 0 Å². The van der Waals surface area contributed by atoms with Gasteiger partial charge in [0.1, 0.15) is 0 Å². The summed E-state index contributed by atoms with van der Waals surface area (Å²) in [4.78, 5) is 26.9. The van der Waals surface area contributed by atoms with Gasteiger partial charge in [-0.15, -0.1) is 0 Å². The smallest absolute Gasteiger partial charge is 0.262 e. The molecule has 1 aliphatic rings. The summed E-state index contributed by atoms with van der Waals surface area (Å²) in [7, 11) is 0. The monoisotopic (exact) mass is 357 g/mol. The minimum Gasteiger partial charge on any atom is -0.269 e. The van der Waals surface area contributed by atoms with Crippen molar-refractivity contribution in [3.8, 4) is 0 Å². The molecule has 2 aromatic rings. The maximum absolute atomic E-state index is 12.7. The maximum Gasteiger partial charge on any atom is 0.262 e. The number of fused-ring (bicyclic) bond motifs is 1. The maximum atomic E-state index is 12.7. The number of amides is 2. The zero-order valence-electron chi connectivity index (χ0n) is 12.4. The highest BCUT2D eigenvalue weighted by atomic mass is 79.9. The molecule has 3 rings (SSSR count). The van der Waals surface area contributed by atoms with Crippen LogP contribution in [0.3, 0.4) is 0 Å². The second-order valence-electron chi connectivity index (χ2n) is 5.74. The highest BCUT2D eigenvalue weighted by Gasteiger charge is 2.41. The van der Waals surface area contributed by atoms with Crippen molar-refractivity contribution in [3.63, 3.8) is 0 Å². The lowest BCUT2D eigenvalue weighted by atomic mass is 9.94. The molecule has 1 aliphatic heterocycles. The van der Waals surface area contributed by atoms with Crippen molar-refractivity contribution in [2.75, 3.05) is 0 Å².